The summed E-state index contributed by atoms with van der Waals surface area (Å²) in [4.78, 5) is 25.5. The van der Waals surface area contributed by atoms with E-state index >= 15 is 0 Å². The van der Waals surface area contributed by atoms with E-state index in [0.29, 0.717) is 38.1 Å². The number of aromatic carboxylic acids is 1. The highest BCUT2D eigenvalue weighted by molar-refractivity contribution is 7.07. The van der Waals surface area contributed by atoms with E-state index in [4.69, 9.17) is 4.74 Å². The second kappa shape index (κ2) is 7.59. The number of amides is 1. The standard InChI is InChI=1S/C18H19NO4S/c20-17(6-5-13-3-1-2-4-15(13)18(21)22)19-8-9-23-16(11-19)14-7-10-24-12-14/h1-4,7,10,12,16H,5-6,8-9,11H2,(H,21,22). The van der Waals surface area contributed by atoms with Crippen molar-refractivity contribution in [2.45, 2.75) is 18.9 Å². The van der Waals surface area contributed by atoms with E-state index in [2.05, 4.69) is 0 Å². The number of nitrogens with zero attached hydrogens (tertiary/aromatic N) is 1. The predicted molar refractivity (Wildman–Crippen MR) is 91.3 cm³/mol. The fraction of sp³-hybridized carbons (Fsp3) is 0.333. The molecule has 1 aromatic heterocycles. The van der Waals surface area contributed by atoms with Gasteiger partial charge in [-0.2, -0.15) is 11.3 Å². The molecule has 1 aliphatic rings. The van der Waals surface area contributed by atoms with Crippen molar-refractivity contribution in [2.75, 3.05) is 19.7 Å². The Bertz CT molecular complexity index is 714. The molecule has 0 saturated carbocycles. The molecule has 1 N–H and O–H groups in total. The summed E-state index contributed by atoms with van der Waals surface area (Å²) in [7, 11) is 0. The number of aryl methyl sites for hydroxylation is 1. The van der Waals surface area contributed by atoms with Crippen LogP contribution in [0.2, 0.25) is 0 Å². The van der Waals surface area contributed by atoms with Gasteiger partial charge in [0, 0.05) is 13.0 Å². The summed E-state index contributed by atoms with van der Waals surface area (Å²) in [5, 5.41) is 13.3. The van der Waals surface area contributed by atoms with Crippen LogP contribution < -0.4 is 0 Å². The molecule has 3 rings (SSSR count). The van der Waals surface area contributed by atoms with Crippen LogP contribution in [0.5, 0.6) is 0 Å². The van der Waals surface area contributed by atoms with Crippen LogP contribution in [0.3, 0.4) is 0 Å². The molecule has 2 aromatic rings. The monoisotopic (exact) mass is 345 g/mol. The molecule has 0 aliphatic carbocycles. The molecular formula is C18H19NO4S. The highest BCUT2D eigenvalue weighted by Crippen LogP contribution is 2.24. The molecule has 2 heterocycles. The Kier molecular flexibility index (Phi) is 5.27. The maximum atomic E-state index is 12.5. The number of carbonyl (C=O) groups excluding carboxylic acids is 1. The summed E-state index contributed by atoms with van der Waals surface area (Å²) in [6.45, 7) is 1.66. The first kappa shape index (κ1) is 16.7. The van der Waals surface area contributed by atoms with E-state index in [1.165, 1.54) is 0 Å². The average molecular weight is 345 g/mol. The summed E-state index contributed by atoms with van der Waals surface area (Å²) < 4.78 is 5.75. The number of morpholine rings is 1. The molecule has 1 aromatic carbocycles. The van der Waals surface area contributed by atoms with Gasteiger partial charge in [0.15, 0.2) is 0 Å². The van der Waals surface area contributed by atoms with Crippen molar-refractivity contribution >= 4 is 23.2 Å². The average Bonchev–Trinajstić information content (AvgIpc) is 3.14. The van der Waals surface area contributed by atoms with Crippen molar-refractivity contribution in [2.24, 2.45) is 0 Å². The number of ether oxygens (including phenoxy) is 1. The Hall–Kier alpha value is -2.18. The molecule has 0 bridgehead atoms. The van der Waals surface area contributed by atoms with Crippen LogP contribution in [0.1, 0.15) is 34.0 Å². The number of carboxylic acid groups (broad SMARTS) is 1. The van der Waals surface area contributed by atoms with Gasteiger partial charge < -0.3 is 14.7 Å². The zero-order valence-corrected chi connectivity index (χ0v) is 14.0. The normalized spacial score (nSPS) is 17.7. The zero-order chi connectivity index (χ0) is 16.9. The molecule has 0 radical (unpaired) electrons. The number of benzene rings is 1. The molecule has 1 saturated heterocycles. The minimum atomic E-state index is -0.957. The van der Waals surface area contributed by atoms with Crippen molar-refractivity contribution in [3.8, 4) is 0 Å². The van der Waals surface area contributed by atoms with Gasteiger partial charge in [-0.1, -0.05) is 18.2 Å². The largest absolute Gasteiger partial charge is 0.478 e. The van der Waals surface area contributed by atoms with Gasteiger partial charge in [0.2, 0.25) is 5.91 Å². The Morgan fingerprint density at radius 1 is 1.29 bits per heavy atom. The molecule has 5 nitrogen and oxygen atoms in total. The van der Waals surface area contributed by atoms with Crippen LogP contribution >= 0.6 is 11.3 Å². The van der Waals surface area contributed by atoms with Gasteiger partial charge in [0.05, 0.1) is 18.7 Å². The number of thiophene rings is 1. The highest BCUT2D eigenvalue weighted by atomic mass is 32.1. The van der Waals surface area contributed by atoms with Gasteiger partial charge in [-0.25, -0.2) is 4.79 Å². The molecule has 126 valence electrons. The van der Waals surface area contributed by atoms with Crippen LogP contribution in [-0.2, 0) is 16.0 Å². The molecule has 1 aliphatic heterocycles. The first-order chi connectivity index (χ1) is 11.6. The fourth-order valence-corrected chi connectivity index (χ4v) is 3.58. The fourth-order valence-electron chi connectivity index (χ4n) is 2.88. The lowest BCUT2D eigenvalue weighted by Crippen LogP contribution is -2.42. The molecule has 24 heavy (non-hydrogen) atoms. The maximum absolute atomic E-state index is 12.5. The number of carboxylic acids is 1. The lowest BCUT2D eigenvalue weighted by Gasteiger charge is -2.33. The van der Waals surface area contributed by atoms with Crippen molar-refractivity contribution in [3.05, 3.63) is 57.8 Å². The predicted octanol–water partition coefficient (Wildman–Crippen LogP) is 2.98. The van der Waals surface area contributed by atoms with Crippen LogP contribution in [0.4, 0.5) is 0 Å². The molecule has 6 heteroatoms. The van der Waals surface area contributed by atoms with Gasteiger partial charge in [-0.15, -0.1) is 0 Å². The number of rotatable bonds is 5. The third-order valence-corrected chi connectivity index (χ3v) is 4.89. The Morgan fingerprint density at radius 3 is 2.88 bits per heavy atom. The van der Waals surface area contributed by atoms with Crippen molar-refractivity contribution in [1.29, 1.82) is 0 Å². The summed E-state index contributed by atoms with van der Waals surface area (Å²) >= 11 is 1.62. The zero-order valence-electron chi connectivity index (χ0n) is 13.2. The third-order valence-electron chi connectivity index (χ3n) is 4.19. The molecular weight excluding hydrogens is 326 g/mol. The number of carbonyl (C=O) groups is 2. The van der Waals surface area contributed by atoms with Crippen LogP contribution in [0.25, 0.3) is 0 Å². The topological polar surface area (TPSA) is 66.8 Å². The van der Waals surface area contributed by atoms with Crippen LogP contribution in [-0.4, -0.2) is 41.6 Å². The Labute approximate surface area is 144 Å². The van der Waals surface area contributed by atoms with Crippen LogP contribution in [0, 0.1) is 0 Å². The number of hydrogen-bond acceptors (Lipinski definition) is 4. The minimum Gasteiger partial charge on any atom is -0.478 e. The molecule has 1 fully saturated rings. The van der Waals surface area contributed by atoms with Gasteiger partial charge in [-0.05, 0) is 40.4 Å². The van der Waals surface area contributed by atoms with E-state index in [1.807, 2.05) is 21.7 Å². The first-order valence-corrected chi connectivity index (χ1v) is 8.82. The molecule has 1 amide bonds. The van der Waals surface area contributed by atoms with Gasteiger partial charge in [0.1, 0.15) is 6.10 Å². The second-order valence-electron chi connectivity index (χ2n) is 5.72. The van der Waals surface area contributed by atoms with Crippen LogP contribution in [0.15, 0.2) is 41.1 Å². The maximum Gasteiger partial charge on any atom is 0.335 e. The first-order valence-electron chi connectivity index (χ1n) is 7.88. The lowest BCUT2D eigenvalue weighted by molar-refractivity contribution is -0.139. The number of hydrogen-bond donors (Lipinski definition) is 1. The van der Waals surface area contributed by atoms with E-state index < -0.39 is 5.97 Å². The highest BCUT2D eigenvalue weighted by Gasteiger charge is 2.25. The summed E-state index contributed by atoms with van der Waals surface area (Å²) in [5.74, 6) is -0.916. The van der Waals surface area contributed by atoms with E-state index in [1.54, 1.807) is 35.6 Å². The van der Waals surface area contributed by atoms with E-state index in [9.17, 15) is 14.7 Å². The quantitative estimate of drug-likeness (QED) is 0.905. The molecule has 0 spiro atoms. The van der Waals surface area contributed by atoms with Crippen molar-refractivity contribution in [3.63, 3.8) is 0 Å². The van der Waals surface area contributed by atoms with E-state index in [0.717, 1.165) is 5.56 Å². The summed E-state index contributed by atoms with van der Waals surface area (Å²) in [5.41, 5.74) is 2.07. The van der Waals surface area contributed by atoms with Gasteiger partial charge >= 0.3 is 5.97 Å². The smallest absolute Gasteiger partial charge is 0.335 e. The summed E-state index contributed by atoms with van der Waals surface area (Å²) in [6.07, 6.45) is 0.669. The third kappa shape index (κ3) is 3.83. The summed E-state index contributed by atoms with van der Waals surface area (Å²) in [6, 6.07) is 8.86. The second-order valence-corrected chi connectivity index (χ2v) is 6.50. The van der Waals surface area contributed by atoms with Crippen molar-refractivity contribution in [1.82, 2.24) is 4.90 Å². The van der Waals surface area contributed by atoms with Crippen molar-refractivity contribution < 1.29 is 19.4 Å². The van der Waals surface area contributed by atoms with Gasteiger partial charge in [0.25, 0.3) is 0 Å². The lowest BCUT2D eigenvalue weighted by atomic mass is 10.0. The van der Waals surface area contributed by atoms with E-state index in [-0.39, 0.29) is 17.6 Å². The Morgan fingerprint density at radius 2 is 2.12 bits per heavy atom. The molecule has 1 atom stereocenters. The molecule has 1 unspecified atom stereocenters. The Balaban J connectivity index is 1.60. The SMILES string of the molecule is O=C(O)c1ccccc1CCC(=O)N1CCOC(c2ccsc2)C1. The van der Waals surface area contributed by atoms with Gasteiger partial charge in [-0.3, -0.25) is 4.79 Å². The minimum absolute atomic E-state index is 0.0405.